The van der Waals surface area contributed by atoms with Gasteiger partial charge in [-0.3, -0.25) is 4.90 Å². The summed E-state index contributed by atoms with van der Waals surface area (Å²) < 4.78 is 2.26. The maximum atomic E-state index is 8.71. The molecule has 4 nitrogen and oxygen atoms in total. The first kappa shape index (κ1) is 12.2. The molecule has 0 radical (unpaired) electrons. The molecule has 0 N–H and O–H groups in total. The van der Waals surface area contributed by atoms with Gasteiger partial charge in [0.15, 0.2) is 0 Å². The summed E-state index contributed by atoms with van der Waals surface area (Å²) in [7, 11) is 0. The molecule has 3 rings (SSSR count). The number of hydrogen-bond donors (Lipinski definition) is 0. The fourth-order valence-corrected chi connectivity index (χ4v) is 2.86. The van der Waals surface area contributed by atoms with E-state index in [0.717, 1.165) is 25.2 Å². The van der Waals surface area contributed by atoms with E-state index in [1.54, 1.807) is 0 Å². The van der Waals surface area contributed by atoms with Gasteiger partial charge in [0.05, 0.1) is 30.0 Å². The Morgan fingerprint density at radius 1 is 1.26 bits per heavy atom. The highest BCUT2D eigenvalue weighted by Gasteiger charge is 2.19. The van der Waals surface area contributed by atoms with Crippen molar-refractivity contribution >= 4 is 11.0 Å². The summed E-state index contributed by atoms with van der Waals surface area (Å²) in [5.41, 5.74) is 2.30. The van der Waals surface area contributed by atoms with Crippen molar-refractivity contribution < 1.29 is 0 Å². The van der Waals surface area contributed by atoms with Crippen LogP contribution in [0.4, 0.5) is 0 Å². The lowest BCUT2D eigenvalue weighted by Crippen LogP contribution is -2.35. The number of para-hydroxylation sites is 2. The van der Waals surface area contributed by atoms with Gasteiger partial charge in [0.25, 0.3) is 0 Å². The predicted molar refractivity (Wildman–Crippen MR) is 74.5 cm³/mol. The number of nitrogens with zero attached hydrogens (tertiary/aromatic N) is 4. The minimum absolute atomic E-state index is 0.570. The topological polar surface area (TPSA) is 44.9 Å². The lowest BCUT2D eigenvalue weighted by Gasteiger charge is -2.30. The van der Waals surface area contributed by atoms with Crippen LogP contribution in [-0.2, 0) is 6.54 Å². The van der Waals surface area contributed by atoms with Crippen molar-refractivity contribution in [3.63, 3.8) is 0 Å². The number of likely N-dealkylation sites (tertiary alicyclic amines) is 1. The van der Waals surface area contributed by atoms with Crippen LogP contribution in [0.3, 0.4) is 0 Å². The average Bonchev–Trinajstić information content (AvgIpc) is 2.85. The zero-order chi connectivity index (χ0) is 13.1. The number of piperidine rings is 1. The summed E-state index contributed by atoms with van der Waals surface area (Å²) in [5.74, 6) is 0.701. The van der Waals surface area contributed by atoms with Crippen LogP contribution in [0.15, 0.2) is 30.6 Å². The molecule has 1 aliphatic heterocycles. The Bertz CT molecular complexity index is 587. The minimum atomic E-state index is 0.570. The van der Waals surface area contributed by atoms with Crippen molar-refractivity contribution in [2.45, 2.75) is 19.4 Å². The summed E-state index contributed by atoms with van der Waals surface area (Å²) in [5, 5.41) is 8.71. The molecule has 98 valence electrons. The molecule has 0 unspecified atom stereocenters. The quantitative estimate of drug-likeness (QED) is 0.789. The maximum Gasteiger partial charge on any atom is 0.0958 e. The van der Waals surface area contributed by atoms with Gasteiger partial charge in [-0.2, -0.15) is 5.26 Å². The van der Waals surface area contributed by atoms with E-state index in [1.165, 1.54) is 18.4 Å². The fourth-order valence-electron chi connectivity index (χ4n) is 2.86. The maximum absolute atomic E-state index is 8.71. The number of rotatable bonds is 3. The molecule has 0 aliphatic carbocycles. The third-order valence-corrected chi connectivity index (χ3v) is 3.98. The normalized spacial score (nSPS) is 17.6. The van der Waals surface area contributed by atoms with Crippen molar-refractivity contribution in [1.82, 2.24) is 14.5 Å². The van der Waals surface area contributed by atoms with E-state index >= 15 is 0 Å². The highest BCUT2D eigenvalue weighted by molar-refractivity contribution is 5.74. The highest BCUT2D eigenvalue weighted by atomic mass is 15.1. The lowest BCUT2D eigenvalue weighted by atomic mass is 9.96. The Balaban J connectivity index is 1.65. The molecule has 0 amide bonds. The SMILES string of the molecule is N#CCN1CCC(Cn2cnc3ccccc32)CC1. The van der Waals surface area contributed by atoms with Gasteiger partial charge in [-0.25, -0.2) is 4.98 Å². The molecular formula is C15H18N4. The number of nitriles is 1. The van der Waals surface area contributed by atoms with Crippen LogP contribution in [0.25, 0.3) is 11.0 Å². The number of benzene rings is 1. The largest absolute Gasteiger partial charge is 0.330 e. The molecule has 1 fully saturated rings. The first-order valence-corrected chi connectivity index (χ1v) is 6.86. The molecule has 1 aromatic heterocycles. The van der Waals surface area contributed by atoms with Gasteiger partial charge in [-0.1, -0.05) is 12.1 Å². The van der Waals surface area contributed by atoms with Crippen LogP contribution in [-0.4, -0.2) is 34.1 Å². The zero-order valence-corrected chi connectivity index (χ0v) is 11.0. The Kier molecular flexibility index (Phi) is 3.47. The van der Waals surface area contributed by atoms with E-state index in [4.69, 9.17) is 5.26 Å². The van der Waals surface area contributed by atoms with Crippen molar-refractivity contribution in [1.29, 1.82) is 5.26 Å². The predicted octanol–water partition coefficient (Wildman–Crippen LogP) is 2.27. The molecule has 1 aliphatic rings. The van der Waals surface area contributed by atoms with E-state index in [0.29, 0.717) is 12.5 Å². The van der Waals surface area contributed by atoms with E-state index in [-0.39, 0.29) is 0 Å². The van der Waals surface area contributed by atoms with Crippen molar-refractivity contribution in [3.8, 4) is 6.07 Å². The molecule has 0 spiro atoms. The van der Waals surface area contributed by atoms with Gasteiger partial charge >= 0.3 is 0 Å². The Morgan fingerprint density at radius 3 is 2.84 bits per heavy atom. The number of aromatic nitrogens is 2. The summed E-state index contributed by atoms with van der Waals surface area (Å²) in [4.78, 5) is 6.68. The first-order chi connectivity index (χ1) is 9.36. The van der Waals surface area contributed by atoms with E-state index in [1.807, 2.05) is 12.4 Å². The number of hydrogen-bond acceptors (Lipinski definition) is 3. The molecule has 1 saturated heterocycles. The number of fused-ring (bicyclic) bond motifs is 1. The number of imidazole rings is 1. The minimum Gasteiger partial charge on any atom is -0.330 e. The first-order valence-electron chi connectivity index (χ1n) is 6.86. The third-order valence-electron chi connectivity index (χ3n) is 3.98. The zero-order valence-electron chi connectivity index (χ0n) is 11.0. The van der Waals surface area contributed by atoms with E-state index in [2.05, 4.69) is 38.7 Å². The smallest absolute Gasteiger partial charge is 0.0958 e. The van der Waals surface area contributed by atoms with Gasteiger partial charge < -0.3 is 4.57 Å². The molecule has 0 saturated carbocycles. The summed E-state index contributed by atoms with van der Waals surface area (Å²) >= 11 is 0. The van der Waals surface area contributed by atoms with Crippen LogP contribution in [0.2, 0.25) is 0 Å². The van der Waals surface area contributed by atoms with Crippen LogP contribution in [0, 0.1) is 17.2 Å². The summed E-state index contributed by atoms with van der Waals surface area (Å²) in [6.45, 7) is 3.71. The van der Waals surface area contributed by atoms with Gasteiger partial charge in [0, 0.05) is 6.54 Å². The van der Waals surface area contributed by atoms with Crippen LogP contribution < -0.4 is 0 Å². The van der Waals surface area contributed by atoms with Gasteiger partial charge in [-0.15, -0.1) is 0 Å². The second-order valence-corrected chi connectivity index (χ2v) is 5.26. The van der Waals surface area contributed by atoms with Crippen molar-refractivity contribution in [3.05, 3.63) is 30.6 Å². The fraction of sp³-hybridized carbons (Fsp3) is 0.467. The average molecular weight is 254 g/mol. The van der Waals surface area contributed by atoms with Crippen LogP contribution >= 0.6 is 0 Å². The molecule has 4 heteroatoms. The highest BCUT2D eigenvalue weighted by Crippen LogP contribution is 2.21. The Hall–Kier alpha value is -1.86. The summed E-state index contributed by atoms with van der Waals surface area (Å²) in [6.07, 6.45) is 4.30. The Labute approximate surface area is 113 Å². The monoisotopic (exact) mass is 254 g/mol. The van der Waals surface area contributed by atoms with Gasteiger partial charge in [-0.05, 0) is 44.0 Å². The lowest BCUT2D eigenvalue weighted by molar-refractivity contribution is 0.191. The van der Waals surface area contributed by atoms with Gasteiger partial charge in [0.2, 0.25) is 0 Å². The third kappa shape index (κ3) is 2.61. The molecule has 2 heterocycles. The standard InChI is InChI=1S/C15H18N4/c16-7-10-18-8-5-13(6-9-18)11-19-12-17-14-3-1-2-4-15(14)19/h1-4,12-13H,5-6,8-11H2. The molecular weight excluding hydrogens is 236 g/mol. The van der Waals surface area contributed by atoms with Crippen molar-refractivity contribution in [2.24, 2.45) is 5.92 Å². The van der Waals surface area contributed by atoms with Crippen LogP contribution in [0.5, 0.6) is 0 Å². The molecule has 1 aromatic carbocycles. The van der Waals surface area contributed by atoms with E-state index in [9.17, 15) is 0 Å². The van der Waals surface area contributed by atoms with Gasteiger partial charge in [0.1, 0.15) is 0 Å². The molecule has 0 atom stereocenters. The van der Waals surface area contributed by atoms with Crippen molar-refractivity contribution in [2.75, 3.05) is 19.6 Å². The van der Waals surface area contributed by atoms with E-state index < -0.39 is 0 Å². The Morgan fingerprint density at radius 2 is 2.05 bits per heavy atom. The summed E-state index contributed by atoms with van der Waals surface area (Å²) in [6, 6.07) is 10.5. The second kappa shape index (κ2) is 5.41. The molecule has 19 heavy (non-hydrogen) atoms. The van der Waals surface area contributed by atoms with Crippen LogP contribution in [0.1, 0.15) is 12.8 Å². The molecule has 0 bridgehead atoms. The molecule has 2 aromatic rings. The second-order valence-electron chi connectivity index (χ2n) is 5.26.